The van der Waals surface area contributed by atoms with E-state index in [1.807, 2.05) is 0 Å². The third kappa shape index (κ3) is 3.93. The van der Waals surface area contributed by atoms with Crippen LogP contribution in [0.2, 0.25) is 0 Å². The minimum Gasteiger partial charge on any atom is -0.376 e. The molecule has 0 aromatic heterocycles. The molecule has 2 nitrogen and oxygen atoms in total. The van der Waals surface area contributed by atoms with Crippen molar-refractivity contribution in [1.29, 1.82) is 0 Å². The van der Waals surface area contributed by atoms with Gasteiger partial charge in [-0.1, -0.05) is 38.5 Å². The summed E-state index contributed by atoms with van der Waals surface area (Å²) in [5.41, 5.74) is 5.59. The lowest BCUT2D eigenvalue weighted by Gasteiger charge is -2.18. The first-order chi connectivity index (χ1) is 7.75. The van der Waals surface area contributed by atoms with E-state index in [-0.39, 0.29) is 0 Å². The van der Waals surface area contributed by atoms with E-state index in [0.717, 1.165) is 11.8 Å². The third-order valence-electron chi connectivity index (χ3n) is 4.13. The van der Waals surface area contributed by atoms with Crippen LogP contribution in [0.15, 0.2) is 0 Å². The smallest absolute Gasteiger partial charge is 0.163 e. The van der Waals surface area contributed by atoms with E-state index >= 15 is 0 Å². The van der Waals surface area contributed by atoms with Crippen molar-refractivity contribution in [1.82, 2.24) is 5.32 Å². The molecule has 2 rings (SSSR count). The Hall–Kier alpha value is -0.310. The lowest BCUT2D eigenvalue weighted by Crippen LogP contribution is -2.38. The fraction of sp³-hybridized carbons (Fsp3) is 0.923. The summed E-state index contributed by atoms with van der Waals surface area (Å²) in [5.74, 6) is 1.98. The molecule has 2 aliphatic carbocycles. The van der Waals surface area contributed by atoms with Crippen LogP contribution < -0.4 is 11.1 Å². The van der Waals surface area contributed by atoms with Gasteiger partial charge in [0, 0.05) is 6.04 Å². The van der Waals surface area contributed by atoms with E-state index in [4.69, 9.17) is 18.0 Å². The van der Waals surface area contributed by atoms with E-state index < -0.39 is 0 Å². The Bertz CT molecular complexity index is 242. The maximum atomic E-state index is 5.59. The molecule has 92 valence electrons. The van der Waals surface area contributed by atoms with Gasteiger partial charge in [0.2, 0.25) is 0 Å². The summed E-state index contributed by atoms with van der Waals surface area (Å²) >= 11 is 4.96. The van der Waals surface area contributed by atoms with E-state index in [0.29, 0.717) is 11.2 Å². The standard InChI is InChI=1S/C13H24N2S/c14-13(16)15-12-7-5-3-1-2-4-6-10-8-11(10)9-12/h10-12H,1-9H2,(H3,14,15,16). The topological polar surface area (TPSA) is 38.0 Å². The summed E-state index contributed by atoms with van der Waals surface area (Å²) in [5, 5.41) is 3.77. The van der Waals surface area contributed by atoms with E-state index in [2.05, 4.69) is 5.32 Å². The summed E-state index contributed by atoms with van der Waals surface area (Å²) < 4.78 is 0. The minimum absolute atomic E-state index is 0.483. The molecule has 16 heavy (non-hydrogen) atoms. The van der Waals surface area contributed by atoms with Gasteiger partial charge in [-0.15, -0.1) is 0 Å². The Morgan fingerprint density at radius 3 is 2.38 bits per heavy atom. The Kier molecular flexibility index (Phi) is 4.45. The van der Waals surface area contributed by atoms with Crippen LogP contribution in [0.25, 0.3) is 0 Å². The first-order valence-corrected chi connectivity index (χ1v) is 7.22. The summed E-state index contributed by atoms with van der Waals surface area (Å²) in [6, 6.07) is 0.547. The van der Waals surface area contributed by atoms with Gasteiger partial charge in [0.1, 0.15) is 0 Å². The molecule has 3 atom stereocenters. The zero-order chi connectivity index (χ0) is 11.4. The molecule has 0 bridgehead atoms. The van der Waals surface area contributed by atoms with Gasteiger partial charge >= 0.3 is 0 Å². The predicted molar refractivity (Wildman–Crippen MR) is 72.2 cm³/mol. The lowest BCUT2D eigenvalue weighted by molar-refractivity contribution is 0.459. The average molecular weight is 240 g/mol. The quantitative estimate of drug-likeness (QED) is 0.692. The highest BCUT2D eigenvalue weighted by atomic mass is 32.1. The minimum atomic E-state index is 0.483. The van der Waals surface area contributed by atoms with Crippen LogP contribution in [0, 0.1) is 11.8 Å². The molecular formula is C13H24N2S. The molecule has 0 amide bonds. The highest BCUT2D eigenvalue weighted by Gasteiger charge is 2.37. The molecule has 0 spiro atoms. The van der Waals surface area contributed by atoms with Crippen molar-refractivity contribution in [2.75, 3.05) is 0 Å². The van der Waals surface area contributed by atoms with Crippen molar-refractivity contribution in [3.8, 4) is 0 Å². The number of rotatable bonds is 1. The highest BCUT2D eigenvalue weighted by Crippen LogP contribution is 2.46. The Morgan fingerprint density at radius 2 is 1.62 bits per heavy atom. The Labute approximate surface area is 104 Å². The molecule has 2 saturated carbocycles. The second-order valence-electron chi connectivity index (χ2n) is 5.54. The number of hydrogen-bond donors (Lipinski definition) is 2. The van der Waals surface area contributed by atoms with Crippen LogP contribution in [0.4, 0.5) is 0 Å². The van der Waals surface area contributed by atoms with Gasteiger partial charge < -0.3 is 11.1 Å². The first kappa shape index (κ1) is 12.2. The van der Waals surface area contributed by atoms with Crippen LogP contribution >= 0.6 is 12.2 Å². The number of nitrogens with one attached hydrogen (secondary N) is 1. The summed E-state index contributed by atoms with van der Waals surface area (Å²) in [7, 11) is 0. The molecule has 0 aliphatic heterocycles. The normalized spacial score (nSPS) is 35.6. The molecule has 0 aromatic rings. The van der Waals surface area contributed by atoms with Crippen LogP contribution in [0.3, 0.4) is 0 Å². The molecule has 3 unspecified atom stereocenters. The van der Waals surface area contributed by atoms with Crippen LogP contribution in [0.5, 0.6) is 0 Å². The van der Waals surface area contributed by atoms with Gasteiger partial charge in [-0.05, 0) is 43.3 Å². The molecule has 0 heterocycles. The Balaban J connectivity index is 1.82. The van der Waals surface area contributed by atoms with Crippen LogP contribution in [0.1, 0.15) is 57.8 Å². The predicted octanol–water partition coefficient (Wildman–Crippen LogP) is 2.96. The monoisotopic (exact) mass is 240 g/mol. The van der Waals surface area contributed by atoms with Gasteiger partial charge in [0.25, 0.3) is 0 Å². The van der Waals surface area contributed by atoms with Gasteiger partial charge in [-0.2, -0.15) is 0 Å². The van der Waals surface area contributed by atoms with Crippen molar-refractivity contribution in [3.05, 3.63) is 0 Å². The maximum absolute atomic E-state index is 5.59. The van der Waals surface area contributed by atoms with Gasteiger partial charge in [-0.3, -0.25) is 0 Å². The molecule has 3 heteroatoms. The largest absolute Gasteiger partial charge is 0.376 e. The fourth-order valence-corrected chi connectivity index (χ4v) is 3.26. The van der Waals surface area contributed by atoms with Crippen molar-refractivity contribution >= 4 is 17.3 Å². The summed E-state index contributed by atoms with van der Waals surface area (Å²) in [6.07, 6.45) is 12.5. The molecule has 2 aliphatic rings. The SMILES string of the molecule is NC(=S)NC1CCCCCCCC2CC2C1. The fourth-order valence-electron chi connectivity index (χ4n) is 3.10. The molecule has 0 radical (unpaired) electrons. The number of nitrogens with two attached hydrogens (primary N) is 1. The molecular weight excluding hydrogens is 216 g/mol. The Morgan fingerprint density at radius 1 is 0.938 bits per heavy atom. The number of fused-ring (bicyclic) bond motifs is 1. The maximum Gasteiger partial charge on any atom is 0.163 e. The van der Waals surface area contributed by atoms with Gasteiger partial charge in [0.15, 0.2) is 5.11 Å². The van der Waals surface area contributed by atoms with E-state index in [9.17, 15) is 0 Å². The first-order valence-electron chi connectivity index (χ1n) is 6.81. The summed E-state index contributed by atoms with van der Waals surface area (Å²) in [4.78, 5) is 0. The zero-order valence-electron chi connectivity index (χ0n) is 10.1. The number of thiocarbonyl (C=S) groups is 1. The molecule has 0 saturated heterocycles. The van der Waals surface area contributed by atoms with Crippen molar-refractivity contribution in [2.24, 2.45) is 17.6 Å². The van der Waals surface area contributed by atoms with Crippen LogP contribution in [-0.4, -0.2) is 11.2 Å². The molecule has 0 aromatic carbocycles. The number of hydrogen-bond acceptors (Lipinski definition) is 1. The van der Waals surface area contributed by atoms with E-state index in [1.165, 1.54) is 57.8 Å². The van der Waals surface area contributed by atoms with Crippen molar-refractivity contribution < 1.29 is 0 Å². The molecule has 3 N–H and O–H groups in total. The van der Waals surface area contributed by atoms with E-state index in [1.54, 1.807) is 0 Å². The molecule has 2 fully saturated rings. The van der Waals surface area contributed by atoms with Crippen molar-refractivity contribution in [2.45, 2.75) is 63.8 Å². The zero-order valence-corrected chi connectivity index (χ0v) is 10.9. The second-order valence-corrected chi connectivity index (χ2v) is 5.98. The lowest BCUT2D eigenvalue weighted by atomic mass is 10.0. The second kappa shape index (κ2) is 5.85. The summed E-state index contributed by atoms with van der Waals surface area (Å²) in [6.45, 7) is 0. The van der Waals surface area contributed by atoms with Gasteiger partial charge in [-0.25, -0.2) is 0 Å². The average Bonchev–Trinajstić information content (AvgIpc) is 2.92. The third-order valence-corrected chi connectivity index (χ3v) is 4.25. The van der Waals surface area contributed by atoms with Gasteiger partial charge in [0.05, 0.1) is 0 Å². The van der Waals surface area contributed by atoms with Crippen LogP contribution in [-0.2, 0) is 0 Å². The highest BCUT2D eigenvalue weighted by molar-refractivity contribution is 7.80. The van der Waals surface area contributed by atoms with Crippen molar-refractivity contribution in [3.63, 3.8) is 0 Å².